The zero-order valence-electron chi connectivity index (χ0n) is 10.8. The number of anilines is 1. The predicted molar refractivity (Wildman–Crippen MR) is 75.7 cm³/mol. The van der Waals surface area contributed by atoms with Crippen LogP contribution in [-0.2, 0) is 11.3 Å². The van der Waals surface area contributed by atoms with E-state index in [0.29, 0.717) is 10.7 Å². The van der Waals surface area contributed by atoms with Gasteiger partial charge in [-0.15, -0.1) is 11.3 Å². The van der Waals surface area contributed by atoms with E-state index in [0.717, 1.165) is 0 Å². The SMILES string of the molecule is COC(=O)c1ccccc1NC(=O)c1csc(CN)n1. The Bertz CT molecular complexity index is 639. The minimum absolute atomic E-state index is 0.273. The molecular formula is C13H13N3O3S. The summed E-state index contributed by atoms with van der Waals surface area (Å²) in [5.74, 6) is -0.904. The molecule has 2 rings (SSSR count). The minimum atomic E-state index is -0.512. The van der Waals surface area contributed by atoms with Crippen molar-refractivity contribution >= 4 is 28.9 Å². The minimum Gasteiger partial charge on any atom is -0.465 e. The number of carbonyl (C=O) groups is 2. The van der Waals surface area contributed by atoms with Crippen molar-refractivity contribution in [3.63, 3.8) is 0 Å². The number of amides is 1. The lowest BCUT2D eigenvalue weighted by molar-refractivity contribution is 0.0602. The Morgan fingerprint density at radius 2 is 2.15 bits per heavy atom. The van der Waals surface area contributed by atoms with E-state index in [1.165, 1.54) is 18.4 Å². The van der Waals surface area contributed by atoms with Crippen molar-refractivity contribution in [3.05, 3.63) is 45.9 Å². The van der Waals surface area contributed by atoms with Gasteiger partial charge in [0.05, 0.1) is 18.4 Å². The van der Waals surface area contributed by atoms with Crippen molar-refractivity contribution < 1.29 is 14.3 Å². The maximum absolute atomic E-state index is 12.0. The number of thiazole rings is 1. The molecule has 1 amide bonds. The average molecular weight is 291 g/mol. The van der Waals surface area contributed by atoms with Crippen LogP contribution in [0, 0.1) is 0 Å². The van der Waals surface area contributed by atoms with Crippen LogP contribution >= 0.6 is 11.3 Å². The second kappa shape index (κ2) is 6.27. The van der Waals surface area contributed by atoms with Crippen molar-refractivity contribution in [2.45, 2.75) is 6.54 Å². The summed E-state index contributed by atoms with van der Waals surface area (Å²) >= 11 is 1.31. The molecule has 0 radical (unpaired) electrons. The van der Waals surface area contributed by atoms with E-state index in [-0.39, 0.29) is 17.8 Å². The van der Waals surface area contributed by atoms with E-state index in [1.807, 2.05) is 0 Å². The molecule has 2 aromatic rings. The number of ether oxygens (including phenoxy) is 1. The van der Waals surface area contributed by atoms with Crippen LogP contribution in [0.2, 0.25) is 0 Å². The molecule has 0 spiro atoms. The van der Waals surface area contributed by atoms with Crippen molar-refractivity contribution in [1.82, 2.24) is 4.98 Å². The van der Waals surface area contributed by atoms with Crippen LogP contribution in [0.25, 0.3) is 0 Å². The van der Waals surface area contributed by atoms with Crippen molar-refractivity contribution in [2.24, 2.45) is 5.73 Å². The second-order valence-electron chi connectivity index (χ2n) is 3.82. The molecule has 0 aliphatic carbocycles. The Balaban J connectivity index is 2.21. The lowest BCUT2D eigenvalue weighted by Gasteiger charge is -2.08. The molecule has 104 valence electrons. The summed E-state index contributed by atoms with van der Waals surface area (Å²) in [6.45, 7) is 0.288. The van der Waals surface area contributed by atoms with Crippen LogP contribution in [0.5, 0.6) is 0 Å². The first kappa shape index (κ1) is 14.2. The average Bonchev–Trinajstić information content (AvgIpc) is 2.96. The Labute approximate surface area is 119 Å². The normalized spacial score (nSPS) is 10.1. The molecular weight excluding hydrogens is 278 g/mol. The third-order valence-corrected chi connectivity index (χ3v) is 3.41. The molecule has 20 heavy (non-hydrogen) atoms. The summed E-state index contributed by atoms with van der Waals surface area (Å²) in [5, 5.41) is 4.94. The summed E-state index contributed by atoms with van der Waals surface area (Å²) in [4.78, 5) is 27.7. The number of nitrogens with two attached hydrogens (primary N) is 1. The number of para-hydroxylation sites is 1. The van der Waals surface area contributed by atoms with Crippen molar-refractivity contribution in [3.8, 4) is 0 Å². The maximum Gasteiger partial charge on any atom is 0.339 e. The third-order valence-electron chi connectivity index (χ3n) is 2.54. The van der Waals surface area contributed by atoms with Gasteiger partial charge in [-0.1, -0.05) is 12.1 Å². The molecule has 3 N–H and O–H groups in total. The van der Waals surface area contributed by atoms with Crippen LogP contribution in [0.3, 0.4) is 0 Å². The number of hydrogen-bond acceptors (Lipinski definition) is 6. The summed E-state index contributed by atoms with van der Waals surface area (Å²) in [6, 6.07) is 6.61. The van der Waals surface area contributed by atoms with Gasteiger partial charge in [0, 0.05) is 11.9 Å². The first-order chi connectivity index (χ1) is 9.65. The van der Waals surface area contributed by atoms with Gasteiger partial charge >= 0.3 is 5.97 Å². The number of nitrogens with one attached hydrogen (secondary N) is 1. The highest BCUT2D eigenvalue weighted by Gasteiger charge is 2.15. The number of rotatable bonds is 4. The topological polar surface area (TPSA) is 94.3 Å². The second-order valence-corrected chi connectivity index (χ2v) is 4.76. The molecule has 0 saturated heterocycles. The first-order valence-electron chi connectivity index (χ1n) is 5.79. The Hall–Kier alpha value is -2.25. The highest BCUT2D eigenvalue weighted by molar-refractivity contribution is 7.09. The maximum atomic E-state index is 12.0. The molecule has 1 heterocycles. The van der Waals surface area contributed by atoms with Crippen molar-refractivity contribution in [1.29, 1.82) is 0 Å². The molecule has 0 aliphatic rings. The van der Waals surface area contributed by atoms with Gasteiger partial charge in [0.2, 0.25) is 0 Å². The van der Waals surface area contributed by atoms with E-state index in [2.05, 4.69) is 15.0 Å². The number of carbonyl (C=O) groups excluding carboxylic acids is 2. The van der Waals surface area contributed by atoms with Gasteiger partial charge in [-0.3, -0.25) is 4.79 Å². The molecule has 0 saturated carbocycles. The number of aromatic nitrogens is 1. The molecule has 0 bridgehead atoms. The van der Waals surface area contributed by atoms with E-state index in [1.54, 1.807) is 29.6 Å². The molecule has 1 aromatic carbocycles. The number of nitrogens with zero attached hydrogens (tertiary/aromatic N) is 1. The predicted octanol–water partition coefficient (Wildman–Crippen LogP) is 1.64. The van der Waals surface area contributed by atoms with Crippen LogP contribution in [0.15, 0.2) is 29.6 Å². The van der Waals surface area contributed by atoms with E-state index < -0.39 is 11.9 Å². The lowest BCUT2D eigenvalue weighted by Crippen LogP contribution is -2.16. The van der Waals surface area contributed by atoms with Gasteiger partial charge in [-0.05, 0) is 12.1 Å². The summed E-state index contributed by atoms with van der Waals surface area (Å²) in [5.41, 5.74) is 6.40. The Morgan fingerprint density at radius 1 is 1.40 bits per heavy atom. The molecule has 7 heteroatoms. The van der Waals surface area contributed by atoms with Gasteiger partial charge < -0.3 is 15.8 Å². The van der Waals surface area contributed by atoms with Gasteiger partial charge in [-0.25, -0.2) is 9.78 Å². The highest BCUT2D eigenvalue weighted by Crippen LogP contribution is 2.18. The fourth-order valence-corrected chi connectivity index (χ4v) is 2.23. The smallest absolute Gasteiger partial charge is 0.339 e. The fraction of sp³-hybridized carbons (Fsp3) is 0.154. The van der Waals surface area contributed by atoms with Crippen LogP contribution in [0.4, 0.5) is 5.69 Å². The van der Waals surface area contributed by atoms with Crippen molar-refractivity contribution in [2.75, 3.05) is 12.4 Å². The molecule has 0 fully saturated rings. The largest absolute Gasteiger partial charge is 0.465 e. The van der Waals surface area contributed by atoms with Crippen LogP contribution in [0.1, 0.15) is 25.9 Å². The van der Waals surface area contributed by atoms with Gasteiger partial charge in [0.25, 0.3) is 5.91 Å². The molecule has 1 aromatic heterocycles. The monoisotopic (exact) mass is 291 g/mol. The summed E-state index contributed by atoms with van der Waals surface area (Å²) in [7, 11) is 1.29. The summed E-state index contributed by atoms with van der Waals surface area (Å²) in [6.07, 6.45) is 0. The van der Waals surface area contributed by atoms with E-state index in [4.69, 9.17) is 5.73 Å². The van der Waals surface area contributed by atoms with E-state index >= 15 is 0 Å². The highest BCUT2D eigenvalue weighted by atomic mass is 32.1. The number of methoxy groups -OCH3 is 1. The van der Waals surface area contributed by atoms with Gasteiger partial charge in [0.15, 0.2) is 0 Å². The molecule has 6 nitrogen and oxygen atoms in total. The zero-order chi connectivity index (χ0) is 14.5. The number of benzene rings is 1. The standard InChI is InChI=1S/C13H13N3O3S/c1-19-13(18)8-4-2-3-5-9(8)16-12(17)10-7-20-11(6-14)15-10/h2-5,7H,6,14H2,1H3,(H,16,17). The van der Waals surface area contributed by atoms with E-state index in [9.17, 15) is 9.59 Å². The molecule has 0 aliphatic heterocycles. The van der Waals surface area contributed by atoms with Crippen LogP contribution in [-0.4, -0.2) is 24.0 Å². The molecule has 0 unspecified atom stereocenters. The number of esters is 1. The molecule has 0 atom stereocenters. The van der Waals surface area contributed by atoms with Crippen LogP contribution < -0.4 is 11.1 Å². The third kappa shape index (κ3) is 3.01. The van der Waals surface area contributed by atoms with Gasteiger partial charge in [-0.2, -0.15) is 0 Å². The quantitative estimate of drug-likeness (QED) is 0.835. The first-order valence-corrected chi connectivity index (χ1v) is 6.67. The Kier molecular flexibility index (Phi) is 4.44. The lowest BCUT2D eigenvalue weighted by atomic mass is 10.2. The Morgan fingerprint density at radius 3 is 2.80 bits per heavy atom. The van der Waals surface area contributed by atoms with Gasteiger partial charge in [0.1, 0.15) is 10.7 Å². The fourth-order valence-electron chi connectivity index (χ4n) is 1.58. The zero-order valence-corrected chi connectivity index (χ0v) is 11.6. The number of hydrogen-bond donors (Lipinski definition) is 2. The summed E-state index contributed by atoms with van der Waals surface area (Å²) < 4.78 is 4.67.